The highest BCUT2D eigenvalue weighted by Crippen LogP contribution is 2.19. The number of aliphatic hydroxyl groups is 1. The van der Waals surface area contributed by atoms with E-state index >= 15 is 0 Å². The van der Waals surface area contributed by atoms with Crippen LogP contribution in [0.25, 0.3) is 0 Å². The van der Waals surface area contributed by atoms with Crippen LogP contribution in [-0.2, 0) is 0 Å². The van der Waals surface area contributed by atoms with E-state index < -0.39 is 0 Å². The van der Waals surface area contributed by atoms with Gasteiger partial charge in [-0.3, -0.25) is 4.79 Å². The highest BCUT2D eigenvalue weighted by molar-refractivity contribution is 7.99. The van der Waals surface area contributed by atoms with E-state index in [1.54, 1.807) is 17.8 Å². The quantitative estimate of drug-likeness (QED) is 0.836. The van der Waals surface area contributed by atoms with Gasteiger partial charge < -0.3 is 10.4 Å². The molecule has 3 nitrogen and oxygen atoms in total. The third-order valence-electron chi connectivity index (χ3n) is 2.88. The predicted octanol–water partition coefficient (Wildman–Crippen LogP) is 2.21. The average Bonchev–Trinajstić information content (AvgIpc) is 2.42. The molecule has 20 heavy (non-hydrogen) atoms. The van der Waals surface area contributed by atoms with Crippen LogP contribution in [0.1, 0.15) is 35.3 Å². The van der Waals surface area contributed by atoms with Crippen molar-refractivity contribution < 1.29 is 9.90 Å². The molecular weight excluding hydrogens is 270 g/mol. The van der Waals surface area contributed by atoms with Crippen molar-refractivity contribution in [1.29, 1.82) is 0 Å². The number of nitrogens with one attached hydrogen (secondary N) is 1. The third-order valence-corrected chi connectivity index (χ3v) is 4.13. The first-order valence-corrected chi connectivity index (χ1v) is 7.65. The lowest BCUT2D eigenvalue weighted by Gasteiger charge is -2.22. The van der Waals surface area contributed by atoms with Gasteiger partial charge in [0.05, 0.1) is 0 Å². The van der Waals surface area contributed by atoms with Crippen LogP contribution in [0.3, 0.4) is 0 Å². The van der Waals surface area contributed by atoms with Crippen LogP contribution in [0, 0.1) is 18.8 Å². The summed E-state index contributed by atoms with van der Waals surface area (Å²) >= 11 is 1.72. The van der Waals surface area contributed by atoms with Crippen molar-refractivity contribution in [3.63, 3.8) is 0 Å². The number of thioether (sulfide) groups is 1. The van der Waals surface area contributed by atoms with E-state index in [2.05, 4.69) is 31.0 Å². The number of hydrogen-bond acceptors (Lipinski definition) is 3. The fraction of sp³-hybridized carbons (Fsp3) is 0.438. The second kappa shape index (κ2) is 7.37. The van der Waals surface area contributed by atoms with Crippen molar-refractivity contribution in [2.45, 2.75) is 25.5 Å². The Morgan fingerprint density at radius 1 is 1.40 bits per heavy atom. The molecule has 0 aliphatic carbocycles. The van der Waals surface area contributed by atoms with E-state index in [9.17, 15) is 4.79 Å². The molecule has 0 fully saturated rings. The van der Waals surface area contributed by atoms with Gasteiger partial charge in [-0.2, -0.15) is 11.8 Å². The Morgan fingerprint density at radius 3 is 2.70 bits per heavy atom. The molecule has 1 rings (SSSR count). The second-order valence-corrected chi connectivity index (χ2v) is 6.71. The van der Waals surface area contributed by atoms with Crippen LogP contribution >= 0.6 is 11.8 Å². The summed E-state index contributed by atoms with van der Waals surface area (Å²) in [5.74, 6) is 5.33. The Hall–Kier alpha value is -1.44. The fourth-order valence-electron chi connectivity index (χ4n) is 1.60. The van der Waals surface area contributed by atoms with E-state index in [0.717, 1.165) is 11.1 Å². The number of amides is 1. The summed E-state index contributed by atoms with van der Waals surface area (Å²) in [6.07, 6.45) is 2.03. The maximum Gasteiger partial charge on any atom is 0.251 e. The highest BCUT2D eigenvalue weighted by Gasteiger charge is 2.17. The lowest BCUT2D eigenvalue weighted by Crippen LogP contribution is -2.36. The van der Waals surface area contributed by atoms with E-state index in [-0.39, 0.29) is 17.3 Å². The molecule has 0 saturated carbocycles. The van der Waals surface area contributed by atoms with E-state index in [1.165, 1.54) is 0 Å². The molecular formula is C16H21NO2S. The minimum Gasteiger partial charge on any atom is -0.384 e. The van der Waals surface area contributed by atoms with Crippen LogP contribution in [0.5, 0.6) is 0 Å². The Labute approximate surface area is 125 Å². The predicted molar refractivity (Wildman–Crippen MR) is 85.1 cm³/mol. The molecule has 0 saturated heterocycles. The maximum absolute atomic E-state index is 12.2. The van der Waals surface area contributed by atoms with Crippen molar-refractivity contribution >= 4 is 17.7 Å². The maximum atomic E-state index is 12.2. The largest absolute Gasteiger partial charge is 0.384 e. The molecule has 0 heterocycles. The number of rotatable bonds is 4. The van der Waals surface area contributed by atoms with E-state index in [1.807, 2.05) is 25.3 Å². The smallest absolute Gasteiger partial charge is 0.251 e. The molecule has 0 aliphatic rings. The molecule has 0 radical (unpaired) electrons. The van der Waals surface area contributed by atoms with Gasteiger partial charge in [0, 0.05) is 22.4 Å². The molecule has 0 unspecified atom stereocenters. The lowest BCUT2D eigenvalue weighted by atomic mass is 10.1. The Bertz CT molecular complexity index is 541. The zero-order valence-corrected chi connectivity index (χ0v) is 13.2. The van der Waals surface area contributed by atoms with E-state index in [0.29, 0.717) is 12.1 Å². The summed E-state index contributed by atoms with van der Waals surface area (Å²) in [5, 5.41) is 11.7. The summed E-state index contributed by atoms with van der Waals surface area (Å²) in [4.78, 5) is 12.2. The van der Waals surface area contributed by atoms with Crippen molar-refractivity contribution in [1.82, 2.24) is 5.32 Å². The standard InChI is InChI=1S/C16H21NO2S/c1-12-8-13(6-5-7-18)10-14(9-12)15(19)17-11-16(2,3)20-4/h8-10,18H,7,11H2,1-4H3,(H,17,19). The SMILES string of the molecule is CSC(C)(C)CNC(=O)c1cc(C)cc(C#CCO)c1. The first-order valence-electron chi connectivity index (χ1n) is 6.43. The van der Waals surface area contributed by atoms with Crippen molar-refractivity contribution in [2.24, 2.45) is 0 Å². The average molecular weight is 291 g/mol. The van der Waals surface area contributed by atoms with Gasteiger partial charge in [-0.1, -0.05) is 11.8 Å². The molecule has 0 aliphatic heterocycles. The Morgan fingerprint density at radius 2 is 2.10 bits per heavy atom. The van der Waals surface area contributed by atoms with Crippen molar-refractivity contribution in [2.75, 3.05) is 19.4 Å². The van der Waals surface area contributed by atoms with Crippen molar-refractivity contribution in [3.05, 3.63) is 34.9 Å². The molecule has 0 aromatic heterocycles. The normalized spacial score (nSPS) is 10.7. The number of carbonyl (C=O) groups is 1. The van der Waals surface area contributed by atoms with Gasteiger partial charge in [-0.05, 0) is 50.8 Å². The zero-order valence-electron chi connectivity index (χ0n) is 12.4. The molecule has 0 bridgehead atoms. The molecule has 1 aromatic rings. The summed E-state index contributed by atoms with van der Waals surface area (Å²) in [6.45, 7) is 6.53. The molecule has 2 N–H and O–H groups in total. The molecule has 1 aromatic carbocycles. The van der Waals surface area contributed by atoms with Gasteiger partial charge in [-0.15, -0.1) is 0 Å². The molecule has 4 heteroatoms. The van der Waals surface area contributed by atoms with Crippen LogP contribution in [0.15, 0.2) is 18.2 Å². The number of benzene rings is 1. The Kier molecular flexibility index (Phi) is 6.12. The molecule has 0 atom stereocenters. The number of hydrogen-bond donors (Lipinski definition) is 2. The first-order chi connectivity index (χ1) is 9.38. The first kappa shape index (κ1) is 16.6. The van der Waals surface area contributed by atoms with Crippen LogP contribution in [0.4, 0.5) is 0 Å². The Balaban J connectivity index is 2.85. The van der Waals surface area contributed by atoms with E-state index in [4.69, 9.17) is 5.11 Å². The molecule has 0 spiro atoms. The van der Waals surface area contributed by atoms with Crippen LogP contribution < -0.4 is 5.32 Å². The summed E-state index contributed by atoms with van der Waals surface area (Å²) in [6, 6.07) is 5.48. The highest BCUT2D eigenvalue weighted by atomic mass is 32.2. The molecule has 1 amide bonds. The summed E-state index contributed by atoms with van der Waals surface area (Å²) in [7, 11) is 0. The number of aryl methyl sites for hydroxylation is 1. The van der Waals surface area contributed by atoms with Gasteiger partial charge in [0.15, 0.2) is 0 Å². The second-order valence-electron chi connectivity index (χ2n) is 5.19. The van der Waals surface area contributed by atoms with Gasteiger partial charge in [0.1, 0.15) is 6.61 Å². The van der Waals surface area contributed by atoms with Gasteiger partial charge in [0.25, 0.3) is 5.91 Å². The summed E-state index contributed by atoms with van der Waals surface area (Å²) in [5.41, 5.74) is 2.32. The van der Waals surface area contributed by atoms with Crippen LogP contribution in [0.2, 0.25) is 0 Å². The minimum atomic E-state index is -0.183. The number of carbonyl (C=O) groups excluding carboxylic acids is 1. The minimum absolute atomic E-state index is 0.0129. The van der Waals surface area contributed by atoms with Crippen molar-refractivity contribution in [3.8, 4) is 11.8 Å². The third kappa shape index (κ3) is 5.28. The van der Waals surface area contributed by atoms with Gasteiger partial charge in [-0.25, -0.2) is 0 Å². The fourth-order valence-corrected chi connectivity index (χ4v) is 1.81. The van der Waals surface area contributed by atoms with Crippen LogP contribution in [-0.4, -0.2) is 35.2 Å². The monoisotopic (exact) mass is 291 g/mol. The zero-order chi connectivity index (χ0) is 15.2. The molecule has 108 valence electrons. The van der Waals surface area contributed by atoms with Gasteiger partial charge >= 0.3 is 0 Å². The lowest BCUT2D eigenvalue weighted by molar-refractivity contribution is 0.0950. The van der Waals surface area contributed by atoms with Gasteiger partial charge in [0.2, 0.25) is 0 Å². The summed E-state index contributed by atoms with van der Waals surface area (Å²) < 4.78 is 0.0129. The number of aliphatic hydroxyl groups excluding tert-OH is 1. The topological polar surface area (TPSA) is 49.3 Å².